The van der Waals surface area contributed by atoms with Gasteiger partial charge in [0.2, 0.25) is 0 Å². The molecule has 2 aromatic rings. The van der Waals surface area contributed by atoms with Crippen LogP contribution in [0.5, 0.6) is 0 Å². The first-order valence-electron chi connectivity index (χ1n) is 5.27. The normalized spacial score (nSPS) is 12.1. The van der Waals surface area contributed by atoms with Crippen molar-refractivity contribution in [2.24, 2.45) is 0 Å². The maximum absolute atomic E-state index is 10.9. The molecule has 0 saturated carbocycles. The highest BCUT2D eigenvalue weighted by atomic mass is 35.5. The van der Waals surface area contributed by atoms with Crippen molar-refractivity contribution in [1.82, 2.24) is 9.97 Å². The number of nitro groups is 1. The van der Waals surface area contributed by atoms with Gasteiger partial charge < -0.3 is 10.3 Å². The van der Waals surface area contributed by atoms with Crippen molar-refractivity contribution in [2.75, 3.05) is 5.32 Å². The van der Waals surface area contributed by atoms with Crippen molar-refractivity contribution in [1.29, 1.82) is 0 Å². The number of hydrogen-bond donors (Lipinski definition) is 2. The lowest BCUT2D eigenvalue weighted by atomic mass is 10.2. The first-order chi connectivity index (χ1) is 8.58. The van der Waals surface area contributed by atoms with Gasteiger partial charge in [-0.1, -0.05) is 11.6 Å². The number of halogens is 1. The highest BCUT2D eigenvalue weighted by Gasteiger charge is 2.17. The van der Waals surface area contributed by atoms with E-state index in [9.17, 15) is 10.1 Å². The Kier molecular flexibility index (Phi) is 3.47. The Bertz CT molecular complexity index is 556. The molecule has 1 heterocycles. The molecule has 0 radical (unpaired) electrons. The number of nitrogens with zero attached hydrogens (tertiary/aromatic N) is 2. The van der Waals surface area contributed by atoms with E-state index in [0.717, 1.165) is 0 Å². The molecule has 0 aliphatic carbocycles. The molecule has 2 N–H and O–H groups in total. The van der Waals surface area contributed by atoms with Gasteiger partial charge in [0.05, 0.1) is 11.0 Å². The molecule has 0 aliphatic rings. The van der Waals surface area contributed by atoms with Crippen LogP contribution in [-0.2, 0) is 0 Å². The van der Waals surface area contributed by atoms with Gasteiger partial charge in [0, 0.05) is 23.5 Å². The van der Waals surface area contributed by atoms with Gasteiger partial charge in [-0.05, 0) is 19.1 Å². The SMILES string of the molecule is CC(Nc1ccc(Cl)cc1[N+](=O)[O-])c1ncc[nH]1. The van der Waals surface area contributed by atoms with E-state index >= 15 is 0 Å². The minimum atomic E-state index is -0.469. The zero-order valence-corrected chi connectivity index (χ0v) is 10.3. The number of benzene rings is 1. The molecular formula is C11H11ClN4O2. The standard InChI is InChI=1S/C11H11ClN4O2/c1-7(11-13-4-5-14-11)15-9-3-2-8(12)6-10(9)16(17)18/h2-7,15H,1H3,(H,13,14). The second-order valence-corrected chi connectivity index (χ2v) is 4.20. The molecule has 0 amide bonds. The van der Waals surface area contributed by atoms with Crippen LogP contribution in [0.25, 0.3) is 0 Å². The van der Waals surface area contributed by atoms with Crippen LogP contribution in [-0.4, -0.2) is 14.9 Å². The summed E-state index contributed by atoms with van der Waals surface area (Å²) in [5, 5.41) is 14.3. The Morgan fingerprint density at radius 3 is 2.94 bits per heavy atom. The molecule has 1 aromatic heterocycles. The van der Waals surface area contributed by atoms with Gasteiger partial charge in [-0.25, -0.2) is 4.98 Å². The fourth-order valence-electron chi connectivity index (χ4n) is 1.59. The summed E-state index contributed by atoms with van der Waals surface area (Å²) in [5.74, 6) is 0.708. The van der Waals surface area contributed by atoms with Crippen LogP contribution < -0.4 is 5.32 Å². The second-order valence-electron chi connectivity index (χ2n) is 3.76. The number of aromatic nitrogens is 2. The number of nitro benzene ring substituents is 1. The Labute approximate surface area is 108 Å². The van der Waals surface area contributed by atoms with E-state index < -0.39 is 4.92 Å². The summed E-state index contributed by atoms with van der Waals surface area (Å²) < 4.78 is 0. The smallest absolute Gasteiger partial charge is 0.293 e. The summed E-state index contributed by atoms with van der Waals surface area (Å²) in [5.41, 5.74) is 0.356. The van der Waals surface area contributed by atoms with Crippen LogP contribution >= 0.6 is 11.6 Å². The molecule has 0 bridgehead atoms. The van der Waals surface area contributed by atoms with Crippen molar-refractivity contribution in [3.63, 3.8) is 0 Å². The third kappa shape index (κ3) is 2.60. The second kappa shape index (κ2) is 5.05. The number of H-pyrrole nitrogens is 1. The minimum absolute atomic E-state index is 0.0547. The van der Waals surface area contributed by atoms with Gasteiger partial charge in [0.15, 0.2) is 0 Å². The van der Waals surface area contributed by atoms with Crippen LogP contribution in [0.4, 0.5) is 11.4 Å². The van der Waals surface area contributed by atoms with E-state index in [2.05, 4.69) is 15.3 Å². The predicted octanol–water partition coefficient (Wildman–Crippen LogP) is 3.14. The summed E-state index contributed by atoms with van der Waals surface area (Å²) >= 11 is 5.75. The van der Waals surface area contributed by atoms with Crippen molar-refractivity contribution in [3.05, 3.63) is 51.6 Å². The third-order valence-electron chi connectivity index (χ3n) is 2.46. The Morgan fingerprint density at radius 2 is 2.33 bits per heavy atom. The predicted molar refractivity (Wildman–Crippen MR) is 68.7 cm³/mol. The lowest BCUT2D eigenvalue weighted by Gasteiger charge is -2.13. The van der Waals surface area contributed by atoms with Crippen molar-refractivity contribution in [2.45, 2.75) is 13.0 Å². The zero-order chi connectivity index (χ0) is 13.1. The summed E-state index contributed by atoms with van der Waals surface area (Å²) in [7, 11) is 0. The van der Waals surface area contributed by atoms with Crippen LogP contribution in [0.2, 0.25) is 5.02 Å². The summed E-state index contributed by atoms with van der Waals surface area (Å²) in [6, 6.07) is 4.34. The summed E-state index contributed by atoms with van der Waals surface area (Å²) in [6.45, 7) is 1.86. The van der Waals surface area contributed by atoms with Crippen molar-refractivity contribution in [3.8, 4) is 0 Å². The highest BCUT2D eigenvalue weighted by Crippen LogP contribution is 2.30. The molecule has 0 aliphatic heterocycles. The third-order valence-corrected chi connectivity index (χ3v) is 2.69. The molecule has 1 aromatic carbocycles. The van der Waals surface area contributed by atoms with Gasteiger partial charge in [-0.3, -0.25) is 10.1 Å². The molecule has 0 saturated heterocycles. The van der Waals surface area contributed by atoms with Gasteiger partial charge in [-0.15, -0.1) is 0 Å². The molecule has 0 fully saturated rings. The number of nitrogens with one attached hydrogen (secondary N) is 2. The molecule has 6 nitrogen and oxygen atoms in total. The lowest BCUT2D eigenvalue weighted by molar-refractivity contribution is -0.384. The van der Waals surface area contributed by atoms with Crippen LogP contribution in [0.3, 0.4) is 0 Å². The molecular weight excluding hydrogens is 256 g/mol. The molecule has 1 unspecified atom stereocenters. The number of rotatable bonds is 4. The highest BCUT2D eigenvalue weighted by molar-refractivity contribution is 6.30. The largest absolute Gasteiger partial charge is 0.370 e. The summed E-state index contributed by atoms with van der Waals surface area (Å²) in [4.78, 5) is 17.5. The molecule has 7 heteroatoms. The Morgan fingerprint density at radius 1 is 1.56 bits per heavy atom. The van der Waals surface area contributed by atoms with Gasteiger partial charge in [0.1, 0.15) is 11.5 Å². The van der Waals surface area contributed by atoms with Crippen molar-refractivity contribution >= 4 is 23.0 Å². The van der Waals surface area contributed by atoms with Crippen LogP contribution in [0.15, 0.2) is 30.6 Å². The molecule has 1 atom stereocenters. The number of anilines is 1. The fraction of sp³-hybridized carbons (Fsp3) is 0.182. The first-order valence-corrected chi connectivity index (χ1v) is 5.65. The molecule has 94 valence electrons. The average molecular weight is 267 g/mol. The molecule has 2 rings (SSSR count). The fourth-order valence-corrected chi connectivity index (χ4v) is 1.76. The topological polar surface area (TPSA) is 83.8 Å². The first kappa shape index (κ1) is 12.4. The quantitative estimate of drug-likeness (QED) is 0.658. The lowest BCUT2D eigenvalue weighted by Crippen LogP contribution is -2.09. The van der Waals surface area contributed by atoms with Gasteiger partial charge >= 0.3 is 0 Å². The van der Waals surface area contributed by atoms with E-state index in [0.29, 0.717) is 16.5 Å². The zero-order valence-electron chi connectivity index (χ0n) is 9.55. The Hall–Kier alpha value is -2.08. The Balaban J connectivity index is 2.26. The maximum atomic E-state index is 10.9. The molecule has 18 heavy (non-hydrogen) atoms. The maximum Gasteiger partial charge on any atom is 0.293 e. The van der Waals surface area contributed by atoms with E-state index in [1.807, 2.05) is 6.92 Å². The van der Waals surface area contributed by atoms with E-state index in [-0.39, 0.29) is 11.7 Å². The summed E-state index contributed by atoms with van der Waals surface area (Å²) in [6.07, 6.45) is 3.33. The average Bonchev–Trinajstić information content (AvgIpc) is 2.84. The number of imidazole rings is 1. The minimum Gasteiger partial charge on any atom is -0.370 e. The van der Waals surface area contributed by atoms with E-state index in [1.54, 1.807) is 24.5 Å². The van der Waals surface area contributed by atoms with Gasteiger partial charge in [-0.2, -0.15) is 0 Å². The number of hydrogen-bond acceptors (Lipinski definition) is 4. The van der Waals surface area contributed by atoms with E-state index in [1.165, 1.54) is 6.07 Å². The van der Waals surface area contributed by atoms with Crippen LogP contribution in [0, 0.1) is 10.1 Å². The van der Waals surface area contributed by atoms with E-state index in [4.69, 9.17) is 11.6 Å². The monoisotopic (exact) mass is 266 g/mol. The van der Waals surface area contributed by atoms with Crippen molar-refractivity contribution < 1.29 is 4.92 Å². The number of aromatic amines is 1. The van der Waals surface area contributed by atoms with Crippen LogP contribution in [0.1, 0.15) is 18.8 Å². The van der Waals surface area contributed by atoms with Gasteiger partial charge in [0.25, 0.3) is 5.69 Å². The molecule has 0 spiro atoms.